The van der Waals surface area contributed by atoms with Crippen LogP contribution in [0.1, 0.15) is 58.3 Å². The molecular formula is C13H24N2O5. The van der Waals surface area contributed by atoms with Gasteiger partial charge in [0, 0.05) is 12.8 Å². The van der Waals surface area contributed by atoms with Crippen LogP contribution in [0.15, 0.2) is 0 Å². The average molecular weight is 288 g/mol. The van der Waals surface area contributed by atoms with E-state index < -0.39 is 23.9 Å². The number of nitrogens with one attached hydrogen (secondary N) is 2. The maximum absolute atomic E-state index is 11.4. The van der Waals surface area contributed by atoms with Crippen molar-refractivity contribution >= 4 is 17.8 Å². The minimum Gasteiger partial charge on any atom is -0.481 e. The summed E-state index contributed by atoms with van der Waals surface area (Å²) in [4.78, 5) is 32.7. The molecule has 0 aromatic carbocycles. The predicted octanol–water partition coefficient (Wildman–Crippen LogP) is 0.720. The molecule has 0 saturated heterocycles. The lowest BCUT2D eigenvalue weighted by molar-refractivity contribution is -0.139. The smallest absolute Gasteiger partial charge is 0.303 e. The van der Waals surface area contributed by atoms with Crippen molar-refractivity contribution < 1.29 is 24.6 Å². The maximum Gasteiger partial charge on any atom is 0.303 e. The molecule has 0 radical (unpaired) electrons. The first-order chi connectivity index (χ1) is 9.45. The lowest BCUT2D eigenvalue weighted by Crippen LogP contribution is -2.41. The van der Waals surface area contributed by atoms with E-state index in [1.54, 1.807) is 0 Å². The van der Waals surface area contributed by atoms with E-state index in [0.717, 1.165) is 19.3 Å². The number of unbranched alkanes of at least 4 members (excludes halogenated alkanes) is 2. The highest BCUT2D eigenvalue weighted by Crippen LogP contribution is 2.07. The summed E-state index contributed by atoms with van der Waals surface area (Å²) in [7, 11) is 0. The number of rotatable bonds is 10. The highest BCUT2D eigenvalue weighted by molar-refractivity contribution is 5.83. The van der Waals surface area contributed by atoms with Crippen LogP contribution >= 0.6 is 0 Å². The van der Waals surface area contributed by atoms with Crippen LogP contribution in [0.5, 0.6) is 0 Å². The van der Waals surface area contributed by atoms with E-state index in [9.17, 15) is 19.5 Å². The van der Waals surface area contributed by atoms with Gasteiger partial charge in [-0.1, -0.05) is 26.2 Å². The van der Waals surface area contributed by atoms with E-state index >= 15 is 0 Å². The van der Waals surface area contributed by atoms with Crippen LogP contribution < -0.4 is 10.9 Å². The molecule has 0 rings (SSSR count). The molecule has 4 N–H and O–H groups in total. The van der Waals surface area contributed by atoms with Crippen molar-refractivity contribution in [2.45, 2.75) is 64.4 Å². The standard InChI is InChI=1S/C13H24N2O5/c1-2-3-4-5-10(16)6-7-11(17)14-15-12(18)8-9-13(19)20/h10,16H,2-9H2,1H3,(H,14,17)(H,15,18)(H,19,20). The molecule has 1 unspecified atom stereocenters. The summed E-state index contributed by atoms with van der Waals surface area (Å²) in [6.45, 7) is 2.08. The van der Waals surface area contributed by atoms with Crippen LogP contribution in [0.3, 0.4) is 0 Å². The molecule has 0 heterocycles. The van der Waals surface area contributed by atoms with E-state index in [2.05, 4.69) is 17.8 Å². The van der Waals surface area contributed by atoms with Gasteiger partial charge in [-0.15, -0.1) is 0 Å². The highest BCUT2D eigenvalue weighted by Gasteiger charge is 2.09. The third kappa shape index (κ3) is 11.5. The number of hydrogen-bond acceptors (Lipinski definition) is 4. The summed E-state index contributed by atoms with van der Waals surface area (Å²) < 4.78 is 0. The van der Waals surface area contributed by atoms with E-state index in [4.69, 9.17) is 5.11 Å². The number of carbonyl (C=O) groups excluding carboxylic acids is 2. The average Bonchev–Trinajstić information content (AvgIpc) is 2.40. The summed E-state index contributed by atoms with van der Waals surface area (Å²) >= 11 is 0. The van der Waals surface area contributed by atoms with Gasteiger partial charge in [0.1, 0.15) is 0 Å². The topological polar surface area (TPSA) is 116 Å². The van der Waals surface area contributed by atoms with Gasteiger partial charge in [0.05, 0.1) is 12.5 Å². The Morgan fingerprint density at radius 2 is 1.55 bits per heavy atom. The molecule has 1 atom stereocenters. The molecule has 0 aromatic rings. The van der Waals surface area contributed by atoms with Gasteiger partial charge >= 0.3 is 5.97 Å². The number of aliphatic hydroxyl groups is 1. The second kappa shape index (κ2) is 11.2. The lowest BCUT2D eigenvalue weighted by Gasteiger charge is -2.10. The van der Waals surface area contributed by atoms with Gasteiger partial charge in [0.15, 0.2) is 0 Å². The fraction of sp³-hybridized carbons (Fsp3) is 0.769. The minimum atomic E-state index is -1.07. The molecule has 2 amide bonds. The molecule has 0 saturated carbocycles. The molecule has 0 aliphatic carbocycles. The first kappa shape index (κ1) is 18.4. The van der Waals surface area contributed by atoms with Gasteiger partial charge in [-0.2, -0.15) is 0 Å². The summed E-state index contributed by atoms with van der Waals surface area (Å²) in [5.41, 5.74) is 4.32. The molecule has 0 fully saturated rings. The summed E-state index contributed by atoms with van der Waals surface area (Å²) in [6, 6.07) is 0. The molecule has 0 bridgehead atoms. The van der Waals surface area contributed by atoms with Gasteiger partial charge in [0.25, 0.3) is 0 Å². The van der Waals surface area contributed by atoms with Gasteiger partial charge < -0.3 is 10.2 Å². The molecule has 0 aliphatic heterocycles. The number of aliphatic hydroxyl groups excluding tert-OH is 1. The number of carbonyl (C=O) groups is 3. The zero-order valence-corrected chi connectivity index (χ0v) is 11.9. The minimum absolute atomic E-state index is 0.118. The Bertz CT molecular complexity index is 320. The van der Waals surface area contributed by atoms with Crippen molar-refractivity contribution in [3.8, 4) is 0 Å². The predicted molar refractivity (Wildman–Crippen MR) is 72.5 cm³/mol. The number of amides is 2. The van der Waals surface area contributed by atoms with Crippen molar-refractivity contribution in [2.75, 3.05) is 0 Å². The number of hydrazine groups is 1. The van der Waals surface area contributed by atoms with Crippen molar-refractivity contribution in [1.82, 2.24) is 10.9 Å². The first-order valence-electron chi connectivity index (χ1n) is 6.93. The van der Waals surface area contributed by atoms with Crippen LogP contribution in [0.25, 0.3) is 0 Å². The van der Waals surface area contributed by atoms with E-state index in [1.165, 1.54) is 0 Å². The zero-order valence-electron chi connectivity index (χ0n) is 11.9. The summed E-state index contributed by atoms with van der Waals surface area (Å²) in [6.07, 6.45) is 3.24. The van der Waals surface area contributed by atoms with Gasteiger partial charge in [-0.05, 0) is 12.8 Å². The van der Waals surface area contributed by atoms with Crippen molar-refractivity contribution in [3.05, 3.63) is 0 Å². The Balaban J connectivity index is 3.62. The van der Waals surface area contributed by atoms with Gasteiger partial charge in [0.2, 0.25) is 11.8 Å². The third-order valence-electron chi connectivity index (χ3n) is 2.75. The Morgan fingerprint density at radius 1 is 0.950 bits per heavy atom. The second-order valence-electron chi connectivity index (χ2n) is 4.68. The zero-order chi connectivity index (χ0) is 15.4. The SMILES string of the molecule is CCCCCC(O)CCC(=O)NNC(=O)CCC(=O)O. The Morgan fingerprint density at radius 3 is 2.10 bits per heavy atom. The van der Waals surface area contributed by atoms with Crippen molar-refractivity contribution in [2.24, 2.45) is 0 Å². The highest BCUT2D eigenvalue weighted by atomic mass is 16.4. The molecule has 0 spiro atoms. The van der Waals surface area contributed by atoms with E-state index in [0.29, 0.717) is 12.8 Å². The second-order valence-corrected chi connectivity index (χ2v) is 4.68. The summed E-state index contributed by atoms with van der Waals surface area (Å²) in [5.74, 6) is -2.02. The van der Waals surface area contributed by atoms with Crippen LogP contribution in [0.2, 0.25) is 0 Å². The number of aliphatic carboxylic acids is 1. The number of carboxylic acids is 1. The fourth-order valence-corrected chi connectivity index (χ4v) is 1.56. The molecular weight excluding hydrogens is 264 g/mol. The number of hydrogen-bond donors (Lipinski definition) is 4. The van der Waals surface area contributed by atoms with Crippen LogP contribution in [-0.2, 0) is 14.4 Å². The molecule has 0 aromatic heterocycles. The van der Waals surface area contributed by atoms with Gasteiger partial charge in [-0.25, -0.2) is 0 Å². The van der Waals surface area contributed by atoms with Crippen LogP contribution in [0, 0.1) is 0 Å². The maximum atomic E-state index is 11.4. The lowest BCUT2D eigenvalue weighted by atomic mass is 10.1. The monoisotopic (exact) mass is 288 g/mol. The molecule has 20 heavy (non-hydrogen) atoms. The van der Waals surface area contributed by atoms with E-state index in [-0.39, 0.29) is 19.3 Å². The largest absolute Gasteiger partial charge is 0.481 e. The van der Waals surface area contributed by atoms with Gasteiger partial charge in [-0.3, -0.25) is 25.2 Å². The number of carboxylic acid groups (broad SMARTS) is 1. The summed E-state index contributed by atoms with van der Waals surface area (Å²) in [5, 5.41) is 18.0. The Labute approximate surface area is 118 Å². The van der Waals surface area contributed by atoms with Crippen molar-refractivity contribution in [1.29, 1.82) is 0 Å². The third-order valence-corrected chi connectivity index (χ3v) is 2.75. The molecule has 0 aliphatic rings. The van der Waals surface area contributed by atoms with E-state index in [1.807, 2.05) is 0 Å². The Kier molecular flexibility index (Phi) is 10.3. The quantitative estimate of drug-likeness (QED) is 0.349. The van der Waals surface area contributed by atoms with Crippen LogP contribution in [0.4, 0.5) is 0 Å². The fourth-order valence-electron chi connectivity index (χ4n) is 1.56. The molecule has 116 valence electrons. The molecule has 7 heteroatoms. The Hall–Kier alpha value is -1.63. The normalized spacial score (nSPS) is 11.7. The van der Waals surface area contributed by atoms with Crippen LogP contribution in [-0.4, -0.2) is 34.1 Å². The molecule has 7 nitrogen and oxygen atoms in total. The van der Waals surface area contributed by atoms with Crippen molar-refractivity contribution in [3.63, 3.8) is 0 Å². The first-order valence-corrected chi connectivity index (χ1v) is 6.93.